The van der Waals surface area contributed by atoms with E-state index in [4.69, 9.17) is 5.73 Å². The average molecular weight is 373 g/mol. The van der Waals surface area contributed by atoms with Crippen LogP contribution in [0, 0.1) is 6.92 Å². The third kappa shape index (κ3) is 3.62. The number of para-hydroxylation sites is 1. The lowest BCUT2D eigenvalue weighted by Crippen LogP contribution is -2.25. The van der Waals surface area contributed by atoms with Crippen molar-refractivity contribution in [2.24, 2.45) is 0 Å². The van der Waals surface area contributed by atoms with Gasteiger partial charge in [-0.05, 0) is 49.6 Å². The zero-order valence-corrected chi connectivity index (χ0v) is 15.8. The fraction of sp³-hybridized carbons (Fsp3) is 0.182. The first-order chi connectivity index (χ1) is 13.5. The summed E-state index contributed by atoms with van der Waals surface area (Å²) in [6, 6.07) is 15.6. The van der Waals surface area contributed by atoms with E-state index in [1.54, 1.807) is 10.9 Å². The molecule has 0 atom stereocenters. The van der Waals surface area contributed by atoms with Crippen LogP contribution in [-0.4, -0.2) is 21.7 Å². The van der Waals surface area contributed by atoms with E-state index in [2.05, 4.69) is 22.3 Å². The second kappa shape index (κ2) is 7.23. The zero-order valence-electron chi connectivity index (χ0n) is 15.8. The van der Waals surface area contributed by atoms with Gasteiger partial charge in [-0.3, -0.25) is 4.79 Å². The van der Waals surface area contributed by atoms with Crippen LogP contribution in [-0.2, 0) is 0 Å². The minimum atomic E-state index is -0.0485. The van der Waals surface area contributed by atoms with Crippen LogP contribution >= 0.6 is 0 Å². The Hall–Kier alpha value is -3.54. The fourth-order valence-electron chi connectivity index (χ4n) is 2.99. The summed E-state index contributed by atoms with van der Waals surface area (Å²) < 4.78 is 1.68. The quantitative estimate of drug-likeness (QED) is 0.614. The number of nitrogen functional groups attached to an aromatic ring is 1. The summed E-state index contributed by atoms with van der Waals surface area (Å²) in [5.41, 5.74) is 11.0. The molecular formula is C22H23N5O. The van der Waals surface area contributed by atoms with Crippen LogP contribution in [0.25, 0.3) is 11.4 Å². The van der Waals surface area contributed by atoms with Gasteiger partial charge in [-0.2, -0.15) is 5.10 Å². The number of nitrogens with zero attached hydrogens (tertiary/aromatic N) is 2. The Kier molecular flexibility index (Phi) is 4.61. The molecule has 0 aliphatic heterocycles. The lowest BCUT2D eigenvalue weighted by atomic mass is 10.1. The van der Waals surface area contributed by atoms with Crippen molar-refractivity contribution in [2.45, 2.75) is 25.8 Å². The maximum absolute atomic E-state index is 12.3. The molecule has 1 aliphatic rings. The van der Waals surface area contributed by atoms with E-state index in [1.165, 1.54) is 0 Å². The van der Waals surface area contributed by atoms with E-state index in [0.717, 1.165) is 35.3 Å². The molecule has 1 heterocycles. The average Bonchev–Trinajstić information content (AvgIpc) is 3.42. The van der Waals surface area contributed by atoms with Crippen LogP contribution in [0.4, 0.5) is 11.5 Å². The van der Waals surface area contributed by atoms with Gasteiger partial charge in [0.2, 0.25) is 0 Å². The molecule has 1 fully saturated rings. The molecule has 1 aliphatic carbocycles. The Bertz CT molecular complexity index is 1030. The Balaban J connectivity index is 1.55. The monoisotopic (exact) mass is 373 g/mol. The van der Waals surface area contributed by atoms with Gasteiger partial charge in [0.1, 0.15) is 5.82 Å². The number of anilines is 2. The minimum Gasteiger partial charge on any atom is -0.383 e. The maximum atomic E-state index is 12.3. The van der Waals surface area contributed by atoms with Crippen LogP contribution < -0.4 is 16.4 Å². The molecule has 0 spiro atoms. The van der Waals surface area contributed by atoms with E-state index in [9.17, 15) is 4.79 Å². The number of rotatable bonds is 6. The molecule has 0 saturated heterocycles. The number of carbonyl (C=O) groups excluding carboxylic acids is 1. The lowest BCUT2D eigenvalue weighted by molar-refractivity contribution is 0.0951. The van der Waals surface area contributed by atoms with Crippen LogP contribution in [0.15, 0.2) is 61.3 Å². The van der Waals surface area contributed by atoms with Gasteiger partial charge in [-0.15, -0.1) is 0 Å². The van der Waals surface area contributed by atoms with Gasteiger partial charge in [0.05, 0.1) is 17.4 Å². The van der Waals surface area contributed by atoms with Crippen molar-refractivity contribution in [3.63, 3.8) is 0 Å². The molecule has 1 aromatic heterocycles. The van der Waals surface area contributed by atoms with Gasteiger partial charge in [0.15, 0.2) is 0 Å². The molecule has 1 amide bonds. The molecule has 142 valence electrons. The first-order valence-electron chi connectivity index (χ1n) is 9.29. The van der Waals surface area contributed by atoms with Gasteiger partial charge in [0.25, 0.3) is 5.91 Å². The molecule has 2 aromatic carbocycles. The molecular weight excluding hydrogens is 350 g/mol. The summed E-state index contributed by atoms with van der Waals surface area (Å²) in [5, 5.41) is 10.7. The first-order valence-corrected chi connectivity index (χ1v) is 9.29. The largest absolute Gasteiger partial charge is 0.383 e. The molecule has 1 saturated carbocycles. The van der Waals surface area contributed by atoms with E-state index >= 15 is 0 Å². The summed E-state index contributed by atoms with van der Waals surface area (Å²) in [4.78, 5) is 12.3. The van der Waals surface area contributed by atoms with Crippen LogP contribution in [0.5, 0.6) is 0 Å². The predicted octanol–water partition coefficient (Wildman–Crippen LogP) is 3.74. The molecule has 0 bridgehead atoms. The smallest absolute Gasteiger partial charge is 0.251 e. The third-order valence-corrected chi connectivity index (χ3v) is 4.83. The Morgan fingerprint density at radius 2 is 1.96 bits per heavy atom. The van der Waals surface area contributed by atoms with Crippen molar-refractivity contribution >= 4 is 23.1 Å². The Morgan fingerprint density at radius 1 is 1.21 bits per heavy atom. The minimum absolute atomic E-state index is 0.0485. The van der Waals surface area contributed by atoms with Crippen molar-refractivity contribution in [2.75, 3.05) is 11.1 Å². The van der Waals surface area contributed by atoms with E-state index in [1.807, 2.05) is 55.5 Å². The Morgan fingerprint density at radius 3 is 2.68 bits per heavy atom. The fourth-order valence-corrected chi connectivity index (χ4v) is 2.99. The number of aryl methyl sites for hydroxylation is 1. The van der Waals surface area contributed by atoms with Crippen molar-refractivity contribution in [3.05, 3.63) is 78.0 Å². The molecule has 6 heteroatoms. The highest BCUT2D eigenvalue weighted by molar-refractivity contribution is 5.96. The van der Waals surface area contributed by atoms with Gasteiger partial charge in [-0.1, -0.05) is 30.8 Å². The van der Waals surface area contributed by atoms with Gasteiger partial charge in [-0.25, -0.2) is 4.68 Å². The van der Waals surface area contributed by atoms with E-state index in [-0.39, 0.29) is 5.91 Å². The van der Waals surface area contributed by atoms with Gasteiger partial charge in [0, 0.05) is 23.0 Å². The number of amides is 1. The van der Waals surface area contributed by atoms with Crippen molar-refractivity contribution < 1.29 is 4.79 Å². The molecule has 0 unspecified atom stereocenters. The topological polar surface area (TPSA) is 85.0 Å². The first kappa shape index (κ1) is 17.9. The number of hydrogen-bond donors (Lipinski definition) is 3. The summed E-state index contributed by atoms with van der Waals surface area (Å²) in [7, 11) is 0. The zero-order chi connectivity index (χ0) is 19.7. The number of nitrogens with one attached hydrogen (secondary N) is 2. The lowest BCUT2D eigenvalue weighted by Gasteiger charge is -2.14. The second-order valence-electron chi connectivity index (χ2n) is 7.07. The third-order valence-electron chi connectivity index (χ3n) is 4.83. The summed E-state index contributed by atoms with van der Waals surface area (Å²) in [5.74, 6) is 0.455. The number of hydrogen-bond acceptors (Lipinski definition) is 4. The number of aromatic nitrogens is 2. The van der Waals surface area contributed by atoms with Gasteiger partial charge >= 0.3 is 0 Å². The Labute approximate surface area is 164 Å². The standard InChI is InChI=1S/C22H23N5O/c1-14-8-9-16(22(28)26-17-10-11-17)12-20(14)25-15(2)19-13-24-27(21(19)23)18-6-4-3-5-7-18/h3-9,12-13,17,25H,2,10-11,23H2,1H3,(H,26,28). The number of carbonyl (C=O) groups is 1. The summed E-state index contributed by atoms with van der Waals surface area (Å²) >= 11 is 0. The summed E-state index contributed by atoms with van der Waals surface area (Å²) in [6.45, 7) is 6.10. The van der Waals surface area contributed by atoms with Gasteiger partial charge < -0.3 is 16.4 Å². The predicted molar refractivity (Wildman–Crippen MR) is 112 cm³/mol. The highest BCUT2D eigenvalue weighted by atomic mass is 16.1. The summed E-state index contributed by atoms with van der Waals surface area (Å²) in [6.07, 6.45) is 3.81. The molecule has 6 nitrogen and oxygen atoms in total. The highest BCUT2D eigenvalue weighted by Crippen LogP contribution is 2.27. The highest BCUT2D eigenvalue weighted by Gasteiger charge is 2.24. The molecule has 0 radical (unpaired) electrons. The molecule has 4 N–H and O–H groups in total. The normalized spacial score (nSPS) is 13.2. The second-order valence-corrected chi connectivity index (χ2v) is 7.07. The molecule has 28 heavy (non-hydrogen) atoms. The van der Waals surface area contributed by atoms with Crippen molar-refractivity contribution in [1.82, 2.24) is 15.1 Å². The van der Waals surface area contributed by atoms with Crippen molar-refractivity contribution in [3.8, 4) is 5.69 Å². The van der Waals surface area contributed by atoms with Crippen molar-refractivity contribution in [1.29, 1.82) is 0 Å². The number of nitrogens with two attached hydrogens (primary N) is 1. The SMILES string of the molecule is C=C(Nc1cc(C(=O)NC2CC2)ccc1C)c1cnn(-c2ccccc2)c1N. The van der Waals surface area contributed by atoms with E-state index in [0.29, 0.717) is 23.1 Å². The number of benzene rings is 2. The van der Waals surface area contributed by atoms with Crippen LogP contribution in [0.2, 0.25) is 0 Å². The van der Waals surface area contributed by atoms with Crippen LogP contribution in [0.3, 0.4) is 0 Å². The molecule has 3 aromatic rings. The van der Waals surface area contributed by atoms with Crippen LogP contribution in [0.1, 0.15) is 34.3 Å². The molecule has 4 rings (SSSR count). The maximum Gasteiger partial charge on any atom is 0.251 e. The van der Waals surface area contributed by atoms with E-state index < -0.39 is 0 Å².